The van der Waals surface area contributed by atoms with Crippen molar-refractivity contribution in [3.8, 4) is 5.75 Å². The molecule has 0 aromatic heterocycles. The third-order valence-corrected chi connectivity index (χ3v) is 4.25. The number of amides is 1. The Labute approximate surface area is 130 Å². The molecule has 120 valence electrons. The smallest absolute Gasteiger partial charge is 0.312 e. The third kappa shape index (κ3) is 3.37. The van der Waals surface area contributed by atoms with Crippen LogP contribution in [0.1, 0.15) is 10.4 Å². The number of nitrogens with two attached hydrogens (primary N) is 1. The molecule has 23 heavy (non-hydrogen) atoms. The number of primary amides is 1. The average Bonchev–Trinajstić information content (AvgIpc) is 2.47. The number of benzene rings is 2. The summed E-state index contributed by atoms with van der Waals surface area (Å²) in [5.41, 5.74) is 4.29. The minimum Gasteiger partial charge on any atom is -0.502 e. The molecule has 0 aliphatic rings. The zero-order chi connectivity index (χ0) is 17.2. The van der Waals surface area contributed by atoms with E-state index in [1.54, 1.807) is 0 Å². The standard InChI is InChI=1S/C13H11N3O6S/c14-13(18)9-3-1-2-4-10(9)15-23(21,22)8-5-6-12(17)11(7-8)16(19)20/h1-7,15,17H,(H2,14,18). The van der Waals surface area contributed by atoms with Crippen LogP contribution >= 0.6 is 0 Å². The average molecular weight is 337 g/mol. The maximum Gasteiger partial charge on any atom is 0.312 e. The Kier molecular flexibility index (Phi) is 4.18. The van der Waals surface area contributed by atoms with Crippen LogP contribution in [0.2, 0.25) is 0 Å². The number of para-hydroxylation sites is 1. The lowest BCUT2D eigenvalue weighted by atomic mass is 10.2. The van der Waals surface area contributed by atoms with Gasteiger partial charge in [0.15, 0.2) is 5.75 Å². The zero-order valence-electron chi connectivity index (χ0n) is 11.5. The van der Waals surface area contributed by atoms with Gasteiger partial charge in [0, 0.05) is 6.07 Å². The Hall–Kier alpha value is -3.14. The molecule has 0 unspecified atom stereocenters. The first-order valence-corrected chi connectivity index (χ1v) is 7.60. The molecule has 0 heterocycles. The number of phenolic OH excluding ortho intramolecular Hbond substituents is 1. The van der Waals surface area contributed by atoms with Crippen molar-refractivity contribution in [2.75, 3.05) is 4.72 Å². The number of hydrogen-bond acceptors (Lipinski definition) is 6. The van der Waals surface area contributed by atoms with Gasteiger partial charge in [-0.2, -0.15) is 0 Å². The molecule has 0 atom stereocenters. The van der Waals surface area contributed by atoms with Crippen molar-refractivity contribution in [1.82, 2.24) is 0 Å². The lowest BCUT2D eigenvalue weighted by Crippen LogP contribution is -2.18. The van der Waals surface area contributed by atoms with E-state index < -0.39 is 37.2 Å². The molecule has 10 heteroatoms. The Morgan fingerprint density at radius 1 is 1.22 bits per heavy atom. The van der Waals surface area contributed by atoms with Crippen LogP contribution < -0.4 is 10.5 Å². The monoisotopic (exact) mass is 337 g/mol. The Morgan fingerprint density at radius 2 is 1.87 bits per heavy atom. The number of rotatable bonds is 5. The van der Waals surface area contributed by atoms with E-state index in [2.05, 4.69) is 4.72 Å². The van der Waals surface area contributed by atoms with Gasteiger partial charge in [0.1, 0.15) is 0 Å². The quantitative estimate of drug-likeness (QED) is 0.550. The van der Waals surface area contributed by atoms with E-state index in [4.69, 9.17) is 5.73 Å². The molecule has 2 aromatic carbocycles. The van der Waals surface area contributed by atoms with Gasteiger partial charge in [-0.15, -0.1) is 0 Å². The summed E-state index contributed by atoms with van der Waals surface area (Å²) >= 11 is 0. The van der Waals surface area contributed by atoms with E-state index in [-0.39, 0.29) is 11.3 Å². The van der Waals surface area contributed by atoms with Crippen molar-refractivity contribution in [2.45, 2.75) is 4.90 Å². The van der Waals surface area contributed by atoms with Crippen LogP contribution in [-0.2, 0) is 10.0 Å². The second-order valence-electron chi connectivity index (χ2n) is 4.42. The first kappa shape index (κ1) is 16.2. The number of sulfonamides is 1. The van der Waals surface area contributed by atoms with Crippen LogP contribution in [0.4, 0.5) is 11.4 Å². The molecule has 0 aliphatic heterocycles. The largest absolute Gasteiger partial charge is 0.502 e. The van der Waals surface area contributed by atoms with Crippen LogP contribution in [-0.4, -0.2) is 24.4 Å². The second kappa shape index (κ2) is 5.93. The summed E-state index contributed by atoms with van der Waals surface area (Å²) in [6, 6.07) is 8.26. The van der Waals surface area contributed by atoms with Gasteiger partial charge in [-0.3, -0.25) is 19.6 Å². The first-order valence-electron chi connectivity index (χ1n) is 6.11. The van der Waals surface area contributed by atoms with Crippen LogP contribution in [0.5, 0.6) is 5.75 Å². The molecular weight excluding hydrogens is 326 g/mol. The van der Waals surface area contributed by atoms with Crippen LogP contribution in [0.25, 0.3) is 0 Å². The molecule has 0 saturated heterocycles. The topological polar surface area (TPSA) is 153 Å². The minimum absolute atomic E-state index is 0.0515. The van der Waals surface area contributed by atoms with E-state index in [0.717, 1.165) is 12.1 Å². The number of nitro benzene ring substituents is 1. The molecule has 2 aromatic rings. The van der Waals surface area contributed by atoms with Gasteiger partial charge < -0.3 is 10.8 Å². The lowest BCUT2D eigenvalue weighted by molar-refractivity contribution is -0.386. The fourth-order valence-electron chi connectivity index (χ4n) is 1.81. The number of nitrogens with zero attached hydrogens (tertiary/aromatic N) is 1. The SMILES string of the molecule is NC(=O)c1ccccc1NS(=O)(=O)c1ccc(O)c([N+](=O)[O-])c1. The number of nitrogens with one attached hydrogen (secondary N) is 1. The van der Waals surface area contributed by atoms with E-state index in [0.29, 0.717) is 6.07 Å². The van der Waals surface area contributed by atoms with Gasteiger partial charge in [0.05, 0.1) is 21.1 Å². The van der Waals surface area contributed by atoms with Gasteiger partial charge in [0.2, 0.25) is 0 Å². The predicted octanol–water partition coefficient (Wildman–Crippen LogP) is 1.20. The second-order valence-corrected chi connectivity index (χ2v) is 6.11. The summed E-state index contributed by atoms with van der Waals surface area (Å²) in [4.78, 5) is 20.7. The van der Waals surface area contributed by atoms with Crippen LogP contribution in [0.3, 0.4) is 0 Å². The number of carbonyl (C=O) groups is 1. The summed E-state index contributed by atoms with van der Waals surface area (Å²) in [5.74, 6) is -1.49. The van der Waals surface area contributed by atoms with E-state index >= 15 is 0 Å². The minimum atomic E-state index is -4.22. The molecule has 0 bridgehead atoms. The van der Waals surface area contributed by atoms with Gasteiger partial charge >= 0.3 is 5.69 Å². The van der Waals surface area contributed by atoms with E-state index in [1.807, 2.05) is 0 Å². The number of aromatic hydroxyl groups is 1. The van der Waals surface area contributed by atoms with E-state index in [1.165, 1.54) is 24.3 Å². The molecule has 0 radical (unpaired) electrons. The first-order chi connectivity index (χ1) is 10.7. The summed E-state index contributed by atoms with van der Waals surface area (Å²) in [7, 11) is -4.22. The van der Waals surface area contributed by atoms with Crippen molar-refractivity contribution < 1.29 is 23.2 Å². The van der Waals surface area contributed by atoms with E-state index in [9.17, 15) is 28.4 Å². The molecule has 1 amide bonds. The maximum atomic E-state index is 12.3. The molecular formula is C13H11N3O6S. The number of anilines is 1. The molecule has 0 fully saturated rings. The van der Waals surface area contributed by atoms with Gasteiger partial charge in [-0.25, -0.2) is 8.42 Å². The van der Waals surface area contributed by atoms with Crippen molar-refractivity contribution in [1.29, 1.82) is 0 Å². The maximum absolute atomic E-state index is 12.3. The van der Waals surface area contributed by atoms with Crippen molar-refractivity contribution in [2.24, 2.45) is 5.73 Å². The summed E-state index contributed by atoms with van der Waals surface area (Å²) in [6.07, 6.45) is 0. The highest BCUT2D eigenvalue weighted by Crippen LogP contribution is 2.29. The summed E-state index contributed by atoms with van der Waals surface area (Å²) in [5, 5.41) is 20.1. The zero-order valence-corrected chi connectivity index (χ0v) is 12.3. The highest BCUT2D eigenvalue weighted by molar-refractivity contribution is 7.92. The summed E-state index contributed by atoms with van der Waals surface area (Å²) < 4.78 is 26.7. The van der Waals surface area contributed by atoms with Crippen molar-refractivity contribution >= 4 is 27.3 Å². The fraction of sp³-hybridized carbons (Fsp3) is 0. The molecule has 9 nitrogen and oxygen atoms in total. The fourth-order valence-corrected chi connectivity index (χ4v) is 2.91. The van der Waals surface area contributed by atoms with Crippen LogP contribution in [0, 0.1) is 10.1 Å². The molecule has 0 aliphatic carbocycles. The normalized spacial score (nSPS) is 11.0. The highest BCUT2D eigenvalue weighted by atomic mass is 32.2. The number of nitro groups is 1. The number of carbonyl (C=O) groups excluding carboxylic acids is 1. The number of phenols is 1. The number of hydrogen-bond donors (Lipinski definition) is 3. The van der Waals surface area contributed by atoms with Crippen molar-refractivity contribution in [3.05, 3.63) is 58.1 Å². The third-order valence-electron chi connectivity index (χ3n) is 2.89. The predicted molar refractivity (Wildman–Crippen MR) is 80.5 cm³/mol. The molecule has 0 spiro atoms. The lowest BCUT2D eigenvalue weighted by Gasteiger charge is -2.11. The molecule has 2 rings (SSSR count). The van der Waals surface area contributed by atoms with Crippen LogP contribution in [0.15, 0.2) is 47.4 Å². The van der Waals surface area contributed by atoms with Gasteiger partial charge in [-0.05, 0) is 24.3 Å². The van der Waals surface area contributed by atoms with Gasteiger partial charge in [0.25, 0.3) is 15.9 Å². The Bertz CT molecular complexity index is 894. The Morgan fingerprint density at radius 3 is 2.48 bits per heavy atom. The Balaban J connectivity index is 2.47. The van der Waals surface area contributed by atoms with Crippen molar-refractivity contribution in [3.63, 3.8) is 0 Å². The molecule has 0 saturated carbocycles. The highest BCUT2D eigenvalue weighted by Gasteiger charge is 2.22. The summed E-state index contributed by atoms with van der Waals surface area (Å²) in [6.45, 7) is 0. The van der Waals surface area contributed by atoms with Gasteiger partial charge in [-0.1, -0.05) is 12.1 Å². The molecule has 4 N–H and O–H groups in total.